The third kappa shape index (κ3) is 2.93. The van der Waals surface area contributed by atoms with Crippen LogP contribution >= 0.6 is 0 Å². The number of ether oxygens (including phenoxy) is 1. The molecular formula is C15H17N3O2. The van der Waals surface area contributed by atoms with E-state index in [1.165, 1.54) is 7.11 Å². The minimum absolute atomic E-state index is 0.0606. The van der Waals surface area contributed by atoms with Crippen LogP contribution in [0.1, 0.15) is 34.7 Å². The number of nitrogens with zero attached hydrogens (tertiary/aromatic N) is 2. The molecule has 5 heteroatoms. The Hall–Kier alpha value is -2.43. The zero-order chi connectivity index (χ0) is 14.5. The van der Waals surface area contributed by atoms with Gasteiger partial charge in [0, 0.05) is 18.1 Å². The van der Waals surface area contributed by atoms with Crippen LogP contribution in [-0.2, 0) is 4.74 Å². The zero-order valence-corrected chi connectivity index (χ0v) is 11.8. The molecule has 20 heavy (non-hydrogen) atoms. The zero-order valence-electron chi connectivity index (χ0n) is 11.8. The average Bonchev–Trinajstić information content (AvgIpc) is 2.47. The maximum Gasteiger partial charge on any atom is 0.339 e. The highest BCUT2D eigenvalue weighted by Crippen LogP contribution is 2.22. The number of nitrogens with one attached hydrogen (secondary N) is 1. The van der Waals surface area contributed by atoms with Crippen molar-refractivity contribution in [3.05, 3.63) is 53.6 Å². The summed E-state index contributed by atoms with van der Waals surface area (Å²) in [5, 5.41) is 3.28. The van der Waals surface area contributed by atoms with Gasteiger partial charge >= 0.3 is 5.97 Å². The fourth-order valence-corrected chi connectivity index (χ4v) is 2.04. The molecule has 0 radical (unpaired) electrons. The average molecular weight is 271 g/mol. The lowest BCUT2D eigenvalue weighted by atomic mass is 10.1. The number of esters is 1. The van der Waals surface area contributed by atoms with Crippen molar-refractivity contribution in [1.82, 2.24) is 9.97 Å². The Morgan fingerprint density at radius 1 is 1.25 bits per heavy atom. The number of para-hydroxylation sites is 1. The second kappa shape index (κ2) is 6.14. The fraction of sp³-hybridized carbons (Fsp3) is 0.267. The quantitative estimate of drug-likeness (QED) is 0.866. The number of aryl methyl sites for hydroxylation is 1. The van der Waals surface area contributed by atoms with E-state index in [1.807, 2.05) is 26.0 Å². The van der Waals surface area contributed by atoms with Gasteiger partial charge in [0.15, 0.2) is 0 Å². The van der Waals surface area contributed by atoms with Gasteiger partial charge < -0.3 is 10.1 Å². The molecule has 1 unspecified atom stereocenters. The number of rotatable bonds is 4. The van der Waals surface area contributed by atoms with Crippen LogP contribution in [0.15, 0.2) is 36.7 Å². The highest BCUT2D eigenvalue weighted by atomic mass is 16.5. The van der Waals surface area contributed by atoms with Gasteiger partial charge in [-0.2, -0.15) is 0 Å². The van der Waals surface area contributed by atoms with Gasteiger partial charge in [0.1, 0.15) is 0 Å². The molecule has 5 nitrogen and oxygen atoms in total. The lowest BCUT2D eigenvalue weighted by Crippen LogP contribution is -2.14. The summed E-state index contributed by atoms with van der Waals surface area (Å²) >= 11 is 0. The first-order chi connectivity index (χ1) is 9.63. The first kappa shape index (κ1) is 14.0. The molecule has 0 aliphatic carbocycles. The van der Waals surface area contributed by atoms with Crippen molar-refractivity contribution in [3.63, 3.8) is 0 Å². The molecule has 0 aliphatic heterocycles. The second-order valence-electron chi connectivity index (χ2n) is 4.43. The lowest BCUT2D eigenvalue weighted by Gasteiger charge is -2.17. The summed E-state index contributed by atoms with van der Waals surface area (Å²) in [6, 6.07) is 7.18. The Labute approximate surface area is 118 Å². The molecule has 0 saturated heterocycles. The molecule has 104 valence electrons. The summed E-state index contributed by atoms with van der Waals surface area (Å²) in [6.07, 6.45) is 3.32. The third-order valence-electron chi connectivity index (χ3n) is 3.03. The second-order valence-corrected chi connectivity index (χ2v) is 4.43. The number of benzene rings is 1. The molecular weight excluding hydrogens is 254 g/mol. The van der Waals surface area contributed by atoms with Crippen LogP contribution in [0.3, 0.4) is 0 Å². The van der Waals surface area contributed by atoms with Crippen LogP contribution < -0.4 is 5.32 Å². The number of carbonyl (C=O) groups is 1. The van der Waals surface area contributed by atoms with Crippen molar-refractivity contribution in [2.75, 3.05) is 12.4 Å². The van der Waals surface area contributed by atoms with E-state index in [9.17, 15) is 4.79 Å². The molecule has 0 amide bonds. The first-order valence-corrected chi connectivity index (χ1v) is 6.35. The lowest BCUT2D eigenvalue weighted by molar-refractivity contribution is 0.0602. The highest BCUT2D eigenvalue weighted by molar-refractivity contribution is 5.95. The van der Waals surface area contributed by atoms with Gasteiger partial charge in [-0.15, -0.1) is 0 Å². The minimum atomic E-state index is -0.365. The summed E-state index contributed by atoms with van der Waals surface area (Å²) in [4.78, 5) is 20.3. The van der Waals surface area contributed by atoms with Crippen molar-refractivity contribution < 1.29 is 9.53 Å². The van der Waals surface area contributed by atoms with E-state index in [0.29, 0.717) is 5.56 Å². The topological polar surface area (TPSA) is 64.1 Å². The molecule has 0 aliphatic rings. The molecule has 1 atom stereocenters. The van der Waals surface area contributed by atoms with Gasteiger partial charge in [0.25, 0.3) is 0 Å². The van der Waals surface area contributed by atoms with Crippen molar-refractivity contribution in [3.8, 4) is 0 Å². The van der Waals surface area contributed by atoms with E-state index in [4.69, 9.17) is 4.74 Å². The SMILES string of the molecule is COC(=O)c1ccccc1NC(C)c1nccnc1C. The normalized spacial score (nSPS) is 11.8. The maximum absolute atomic E-state index is 11.7. The molecule has 1 heterocycles. The molecule has 1 aromatic carbocycles. The molecule has 1 N–H and O–H groups in total. The summed E-state index contributed by atoms with van der Waals surface area (Å²) < 4.78 is 4.78. The van der Waals surface area contributed by atoms with Gasteiger partial charge in [-0.05, 0) is 26.0 Å². The Morgan fingerprint density at radius 3 is 2.65 bits per heavy atom. The van der Waals surface area contributed by atoms with Crippen molar-refractivity contribution >= 4 is 11.7 Å². The summed E-state index contributed by atoms with van der Waals surface area (Å²) in [5.74, 6) is -0.365. The standard InChI is InChI=1S/C15H17N3O2/c1-10-14(17-9-8-16-10)11(2)18-13-7-5-4-6-12(13)15(19)20-3/h4-9,11,18H,1-3H3. The van der Waals surface area contributed by atoms with E-state index in [0.717, 1.165) is 17.1 Å². The summed E-state index contributed by atoms with van der Waals surface area (Å²) in [6.45, 7) is 3.89. The largest absolute Gasteiger partial charge is 0.465 e. The maximum atomic E-state index is 11.7. The van der Waals surface area contributed by atoms with E-state index < -0.39 is 0 Å². The first-order valence-electron chi connectivity index (χ1n) is 6.35. The molecule has 2 aromatic rings. The molecule has 0 fully saturated rings. The number of aromatic nitrogens is 2. The Balaban J connectivity index is 2.26. The van der Waals surface area contributed by atoms with Gasteiger partial charge in [-0.1, -0.05) is 12.1 Å². The third-order valence-corrected chi connectivity index (χ3v) is 3.03. The van der Waals surface area contributed by atoms with Crippen LogP contribution in [0.25, 0.3) is 0 Å². The Bertz CT molecular complexity index is 614. The van der Waals surface area contributed by atoms with Crippen LogP contribution in [0.4, 0.5) is 5.69 Å². The van der Waals surface area contributed by atoms with Crippen LogP contribution in [0.5, 0.6) is 0 Å². The molecule has 2 rings (SSSR count). The van der Waals surface area contributed by atoms with E-state index in [1.54, 1.807) is 24.5 Å². The molecule has 0 spiro atoms. The van der Waals surface area contributed by atoms with Gasteiger partial charge in [-0.25, -0.2) is 4.79 Å². The Kier molecular flexibility index (Phi) is 4.30. The van der Waals surface area contributed by atoms with Crippen molar-refractivity contribution in [1.29, 1.82) is 0 Å². The number of methoxy groups -OCH3 is 1. The van der Waals surface area contributed by atoms with Crippen LogP contribution in [0, 0.1) is 6.92 Å². The molecule has 0 saturated carbocycles. The van der Waals surface area contributed by atoms with Crippen molar-refractivity contribution in [2.45, 2.75) is 19.9 Å². The predicted molar refractivity (Wildman–Crippen MR) is 76.6 cm³/mol. The number of hydrogen-bond donors (Lipinski definition) is 1. The Morgan fingerprint density at radius 2 is 1.95 bits per heavy atom. The van der Waals surface area contributed by atoms with E-state index >= 15 is 0 Å². The van der Waals surface area contributed by atoms with Gasteiger partial charge in [0.2, 0.25) is 0 Å². The molecule has 0 bridgehead atoms. The number of anilines is 1. The monoisotopic (exact) mass is 271 g/mol. The van der Waals surface area contributed by atoms with Crippen LogP contribution in [0.2, 0.25) is 0 Å². The van der Waals surface area contributed by atoms with Crippen molar-refractivity contribution in [2.24, 2.45) is 0 Å². The number of hydrogen-bond acceptors (Lipinski definition) is 5. The predicted octanol–water partition coefficient (Wildman–Crippen LogP) is 2.74. The fourth-order valence-electron chi connectivity index (χ4n) is 2.04. The van der Waals surface area contributed by atoms with Gasteiger partial charge in [0.05, 0.1) is 30.1 Å². The number of carbonyl (C=O) groups excluding carboxylic acids is 1. The summed E-state index contributed by atoms with van der Waals surface area (Å²) in [7, 11) is 1.37. The highest BCUT2D eigenvalue weighted by Gasteiger charge is 2.15. The summed E-state index contributed by atoms with van der Waals surface area (Å²) in [5.41, 5.74) is 2.94. The van der Waals surface area contributed by atoms with Crippen LogP contribution in [-0.4, -0.2) is 23.0 Å². The minimum Gasteiger partial charge on any atom is -0.465 e. The van der Waals surface area contributed by atoms with E-state index in [2.05, 4.69) is 15.3 Å². The smallest absolute Gasteiger partial charge is 0.339 e. The van der Waals surface area contributed by atoms with Gasteiger partial charge in [-0.3, -0.25) is 9.97 Å². The molecule has 1 aromatic heterocycles. The van der Waals surface area contributed by atoms with E-state index in [-0.39, 0.29) is 12.0 Å².